The van der Waals surface area contributed by atoms with Gasteiger partial charge in [0.25, 0.3) is 0 Å². The van der Waals surface area contributed by atoms with Crippen molar-refractivity contribution >= 4 is 18.9 Å². The molecule has 0 spiro atoms. The summed E-state index contributed by atoms with van der Waals surface area (Å²) >= 11 is 0. The Morgan fingerprint density at radius 3 is 1.57 bits per heavy atom. The van der Waals surface area contributed by atoms with Crippen LogP contribution in [0.2, 0.25) is 0 Å². The summed E-state index contributed by atoms with van der Waals surface area (Å²) in [6.07, 6.45) is 3.50. The second-order valence-corrected chi connectivity index (χ2v) is 1.02. The SMILES string of the molecule is [LiH].c1ccncc1. The van der Waals surface area contributed by atoms with Gasteiger partial charge in [-0.25, -0.2) is 0 Å². The van der Waals surface area contributed by atoms with Crippen LogP contribution in [0.25, 0.3) is 0 Å². The smallest absolute Gasteiger partial charge is 0.0267 e. The van der Waals surface area contributed by atoms with E-state index in [4.69, 9.17) is 0 Å². The minimum Gasteiger partial charge on any atom is -0.265 e. The van der Waals surface area contributed by atoms with Crippen molar-refractivity contribution in [3.8, 4) is 0 Å². The molecule has 1 nitrogen and oxygen atoms in total. The molecule has 0 aliphatic heterocycles. The molecule has 7 heavy (non-hydrogen) atoms. The molecular formula is C5H6LiN. The summed E-state index contributed by atoms with van der Waals surface area (Å²) in [6.45, 7) is 0. The number of aromatic nitrogens is 1. The average Bonchev–Trinajstić information content (AvgIpc) is 1.72. The maximum atomic E-state index is 3.78. The largest absolute Gasteiger partial charge is 0.265 e. The van der Waals surface area contributed by atoms with Crippen LogP contribution in [-0.4, -0.2) is 23.8 Å². The Balaban J connectivity index is 0.000000360. The predicted octanol–water partition coefficient (Wildman–Crippen LogP) is 0.433. The fourth-order valence-corrected chi connectivity index (χ4v) is 0.313. The molecule has 0 unspecified atom stereocenters. The van der Waals surface area contributed by atoms with Crippen LogP contribution in [0, 0.1) is 0 Å². The normalized spacial score (nSPS) is 6.86. The molecule has 0 bridgehead atoms. The minimum absolute atomic E-state index is 0. The number of pyridine rings is 1. The van der Waals surface area contributed by atoms with Gasteiger partial charge in [-0.15, -0.1) is 0 Å². The van der Waals surface area contributed by atoms with Gasteiger partial charge in [0.05, 0.1) is 0 Å². The van der Waals surface area contributed by atoms with Gasteiger partial charge in [0.1, 0.15) is 0 Å². The molecule has 0 radical (unpaired) electrons. The third kappa shape index (κ3) is 2.44. The van der Waals surface area contributed by atoms with Crippen LogP contribution < -0.4 is 0 Å². The van der Waals surface area contributed by atoms with Crippen LogP contribution >= 0.6 is 0 Å². The molecular weight excluding hydrogens is 81.0 g/mol. The Bertz CT molecular complexity index is 80.0. The first-order valence-electron chi connectivity index (χ1n) is 1.85. The van der Waals surface area contributed by atoms with E-state index in [0.29, 0.717) is 0 Å². The van der Waals surface area contributed by atoms with Gasteiger partial charge in [-0.1, -0.05) is 6.07 Å². The number of rotatable bonds is 0. The van der Waals surface area contributed by atoms with E-state index in [9.17, 15) is 0 Å². The van der Waals surface area contributed by atoms with E-state index < -0.39 is 0 Å². The van der Waals surface area contributed by atoms with Crippen LogP contribution in [-0.2, 0) is 0 Å². The van der Waals surface area contributed by atoms with Gasteiger partial charge in [-0.2, -0.15) is 0 Å². The van der Waals surface area contributed by atoms with Crippen molar-refractivity contribution in [2.45, 2.75) is 0 Å². The van der Waals surface area contributed by atoms with E-state index >= 15 is 0 Å². The molecule has 0 saturated carbocycles. The molecule has 1 aromatic rings. The van der Waals surface area contributed by atoms with Gasteiger partial charge in [0.2, 0.25) is 0 Å². The predicted molar refractivity (Wildman–Crippen MR) is 31.4 cm³/mol. The summed E-state index contributed by atoms with van der Waals surface area (Å²) in [7, 11) is 0. The van der Waals surface area contributed by atoms with Gasteiger partial charge in [-0.05, 0) is 12.1 Å². The van der Waals surface area contributed by atoms with Crippen molar-refractivity contribution in [3.63, 3.8) is 0 Å². The van der Waals surface area contributed by atoms with E-state index in [1.54, 1.807) is 12.4 Å². The fourth-order valence-electron chi connectivity index (χ4n) is 0.313. The number of nitrogens with zero attached hydrogens (tertiary/aromatic N) is 1. The fraction of sp³-hybridized carbons (Fsp3) is 0. The minimum atomic E-state index is 0. The molecule has 0 fully saturated rings. The summed E-state index contributed by atoms with van der Waals surface area (Å²) < 4.78 is 0. The zero-order valence-corrected chi connectivity index (χ0v) is 3.33. The van der Waals surface area contributed by atoms with Crippen LogP contribution in [0.4, 0.5) is 0 Å². The van der Waals surface area contributed by atoms with Crippen LogP contribution in [0.15, 0.2) is 30.6 Å². The van der Waals surface area contributed by atoms with Crippen LogP contribution in [0.1, 0.15) is 0 Å². The van der Waals surface area contributed by atoms with E-state index in [0.717, 1.165) is 0 Å². The van der Waals surface area contributed by atoms with Crippen molar-refractivity contribution in [2.24, 2.45) is 0 Å². The van der Waals surface area contributed by atoms with Gasteiger partial charge >= 0.3 is 18.9 Å². The third-order valence-corrected chi connectivity index (χ3v) is 0.566. The standard InChI is InChI=1S/C5H5N.Li.H/c1-2-4-6-5-3-1;;/h1-5H;;. The maximum Gasteiger partial charge on any atom is 0.0267 e. The van der Waals surface area contributed by atoms with Gasteiger partial charge < -0.3 is 0 Å². The van der Waals surface area contributed by atoms with Crippen LogP contribution in [0.3, 0.4) is 0 Å². The first kappa shape index (κ1) is 6.75. The monoisotopic (exact) mass is 87.1 g/mol. The van der Waals surface area contributed by atoms with E-state index in [1.807, 2.05) is 18.2 Å². The molecule has 0 aliphatic carbocycles. The zero-order chi connectivity index (χ0) is 4.24. The van der Waals surface area contributed by atoms with Crippen molar-refractivity contribution < 1.29 is 0 Å². The molecule has 1 aromatic heterocycles. The molecule has 0 amide bonds. The molecule has 0 atom stereocenters. The molecule has 32 valence electrons. The molecule has 1 heterocycles. The molecule has 0 saturated heterocycles. The van der Waals surface area contributed by atoms with Crippen LogP contribution in [0.5, 0.6) is 0 Å². The summed E-state index contributed by atoms with van der Waals surface area (Å²) in [5.74, 6) is 0. The summed E-state index contributed by atoms with van der Waals surface area (Å²) in [5, 5.41) is 0. The Kier molecular flexibility index (Phi) is 3.78. The Morgan fingerprint density at radius 1 is 0.857 bits per heavy atom. The number of hydrogen-bond donors (Lipinski definition) is 0. The average molecular weight is 87.1 g/mol. The van der Waals surface area contributed by atoms with E-state index in [1.165, 1.54) is 0 Å². The van der Waals surface area contributed by atoms with Crippen molar-refractivity contribution in [1.82, 2.24) is 4.98 Å². The van der Waals surface area contributed by atoms with E-state index in [2.05, 4.69) is 4.98 Å². The van der Waals surface area contributed by atoms with Crippen molar-refractivity contribution in [3.05, 3.63) is 30.6 Å². The van der Waals surface area contributed by atoms with Crippen molar-refractivity contribution in [1.29, 1.82) is 0 Å². The Morgan fingerprint density at radius 2 is 1.43 bits per heavy atom. The first-order chi connectivity index (χ1) is 3.00. The topological polar surface area (TPSA) is 12.9 Å². The Labute approximate surface area is 54.9 Å². The second-order valence-electron chi connectivity index (χ2n) is 1.02. The van der Waals surface area contributed by atoms with Gasteiger partial charge in [0, 0.05) is 12.4 Å². The molecule has 0 aromatic carbocycles. The second kappa shape index (κ2) is 3.92. The summed E-state index contributed by atoms with van der Waals surface area (Å²) in [5.41, 5.74) is 0. The van der Waals surface area contributed by atoms with Gasteiger partial charge in [-0.3, -0.25) is 4.98 Å². The molecule has 1 rings (SSSR count). The Hall–Kier alpha value is -0.253. The zero-order valence-electron chi connectivity index (χ0n) is 3.33. The first-order valence-corrected chi connectivity index (χ1v) is 1.85. The quantitative estimate of drug-likeness (QED) is 0.418. The summed E-state index contributed by atoms with van der Waals surface area (Å²) in [4.78, 5) is 3.78. The van der Waals surface area contributed by atoms with E-state index in [-0.39, 0.29) is 18.9 Å². The van der Waals surface area contributed by atoms with Crippen molar-refractivity contribution in [2.75, 3.05) is 0 Å². The molecule has 0 N–H and O–H groups in total. The maximum absolute atomic E-state index is 3.78. The molecule has 0 aliphatic rings. The third-order valence-electron chi connectivity index (χ3n) is 0.566. The number of hydrogen-bond acceptors (Lipinski definition) is 1. The summed E-state index contributed by atoms with van der Waals surface area (Å²) in [6, 6.07) is 5.72. The van der Waals surface area contributed by atoms with Gasteiger partial charge in [0.15, 0.2) is 0 Å². The molecule has 2 heteroatoms.